The maximum atomic E-state index is 4.35. The Hall–Kier alpha value is -1.51. The average Bonchev–Trinajstić information content (AvgIpc) is 2.70. The fourth-order valence-electron chi connectivity index (χ4n) is 1.86. The van der Waals surface area contributed by atoms with Crippen LogP contribution in [0.1, 0.15) is 26.3 Å². The Balaban J connectivity index is 2.26. The highest BCUT2D eigenvalue weighted by molar-refractivity contribution is 5.95. The second-order valence-electron chi connectivity index (χ2n) is 5.08. The number of para-hydroxylation sites is 1. The topological polar surface area (TPSA) is 36.4 Å². The molecule has 0 aliphatic carbocycles. The molecule has 16 heavy (non-hydrogen) atoms. The van der Waals surface area contributed by atoms with E-state index in [9.17, 15) is 0 Å². The van der Waals surface area contributed by atoms with Gasteiger partial charge in [0.05, 0.1) is 6.54 Å². The Labute approximate surface area is 97.0 Å². The molecule has 3 nitrogen and oxygen atoms in total. The number of anilines is 1. The van der Waals surface area contributed by atoms with Crippen LogP contribution >= 0.6 is 0 Å². The molecule has 1 aliphatic rings. The summed E-state index contributed by atoms with van der Waals surface area (Å²) in [5.74, 6) is 0.886. The Morgan fingerprint density at radius 1 is 1.25 bits per heavy atom. The zero-order valence-corrected chi connectivity index (χ0v) is 10.2. The number of hydrogen-bond acceptors (Lipinski definition) is 3. The number of nitrogens with one attached hydrogen (secondary N) is 2. The van der Waals surface area contributed by atoms with Gasteiger partial charge < -0.3 is 10.6 Å². The van der Waals surface area contributed by atoms with Crippen LogP contribution in [-0.2, 0) is 5.41 Å². The van der Waals surface area contributed by atoms with E-state index in [4.69, 9.17) is 0 Å². The minimum absolute atomic E-state index is 0.142. The summed E-state index contributed by atoms with van der Waals surface area (Å²) < 4.78 is 0. The molecule has 0 spiro atoms. The molecule has 1 aromatic rings. The average molecular weight is 217 g/mol. The summed E-state index contributed by atoms with van der Waals surface area (Å²) >= 11 is 0. The highest BCUT2D eigenvalue weighted by atomic mass is 15.2. The van der Waals surface area contributed by atoms with Gasteiger partial charge in [0.15, 0.2) is 5.96 Å². The predicted octanol–water partition coefficient (Wildman–Crippen LogP) is 2.36. The third kappa shape index (κ3) is 2.35. The van der Waals surface area contributed by atoms with Crippen LogP contribution in [0, 0.1) is 0 Å². The third-order valence-corrected chi connectivity index (χ3v) is 2.66. The number of nitrogens with zero attached hydrogens (tertiary/aromatic N) is 1. The van der Waals surface area contributed by atoms with Crippen molar-refractivity contribution >= 4 is 11.6 Å². The fourth-order valence-corrected chi connectivity index (χ4v) is 1.86. The minimum atomic E-state index is 0.142. The monoisotopic (exact) mass is 217 g/mol. The molecule has 2 rings (SSSR count). The second kappa shape index (κ2) is 4.16. The van der Waals surface area contributed by atoms with Crippen LogP contribution in [0.4, 0.5) is 5.69 Å². The van der Waals surface area contributed by atoms with Gasteiger partial charge in [-0.2, -0.15) is 0 Å². The van der Waals surface area contributed by atoms with Gasteiger partial charge in [-0.25, -0.2) is 0 Å². The first kappa shape index (κ1) is 11.0. The Morgan fingerprint density at radius 3 is 2.62 bits per heavy atom. The highest BCUT2D eigenvalue weighted by Crippen LogP contribution is 2.29. The lowest BCUT2D eigenvalue weighted by atomic mass is 9.86. The lowest BCUT2D eigenvalue weighted by Gasteiger charge is -2.23. The highest BCUT2D eigenvalue weighted by Gasteiger charge is 2.18. The number of hydrogen-bond donors (Lipinski definition) is 2. The van der Waals surface area contributed by atoms with Gasteiger partial charge in [-0.05, 0) is 17.0 Å². The summed E-state index contributed by atoms with van der Waals surface area (Å²) in [6.07, 6.45) is 0. The summed E-state index contributed by atoms with van der Waals surface area (Å²) in [6, 6.07) is 8.39. The van der Waals surface area contributed by atoms with Gasteiger partial charge in [0, 0.05) is 12.2 Å². The minimum Gasteiger partial charge on any atom is -0.354 e. The predicted molar refractivity (Wildman–Crippen MR) is 69.1 cm³/mol. The van der Waals surface area contributed by atoms with Gasteiger partial charge in [0.1, 0.15) is 0 Å². The zero-order valence-electron chi connectivity index (χ0n) is 10.2. The molecule has 0 saturated carbocycles. The molecule has 1 heterocycles. The maximum Gasteiger partial charge on any atom is 0.195 e. The molecule has 2 N–H and O–H groups in total. The molecule has 0 radical (unpaired) electrons. The number of benzene rings is 1. The van der Waals surface area contributed by atoms with Crippen LogP contribution in [0.2, 0.25) is 0 Å². The van der Waals surface area contributed by atoms with E-state index >= 15 is 0 Å². The molecule has 0 amide bonds. The molecular weight excluding hydrogens is 198 g/mol. The van der Waals surface area contributed by atoms with Crippen molar-refractivity contribution in [3.63, 3.8) is 0 Å². The van der Waals surface area contributed by atoms with Crippen LogP contribution in [0.5, 0.6) is 0 Å². The lowest BCUT2D eigenvalue weighted by molar-refractivity contribution is 0.592. The van der Waals surface area contributed by atoms with E-state index in [-0.39, 0.29) is 5.41 Å². The normalized spacial score (nSPS) is 15.6. The Kier molecular flexibility index (Phi) is 2.86. The SMILES string of the molecule is CC(C)(C)c1ccccc1NC1=NCCN1. The third-order valence-electron chi connectivity index (χ3n) is 2.66. The molecule has 3 heteroatoms. The molecule has 0 fully saturated rings. The molecule has 0 unspecified atom stereocenters. The maximum absolute atomic E-state index is 4.35. The van der Waals surface area contributed by atoms with E-state index < -0.39 is 0 Å². The summed E-state index contributed by atoms with van der Waals surface area (Å²) in [4.78, 5) is 4.35. The summed E-state index contributed by atoms with van der Waals surface area (Å²) in [6.45, 7) is 8.45. The first-order valence-corrected chi connectivity index (χ1v) is 5.72. The molecule has 0 bridgehead atoms. The van der Waals surface area contributed by atoms with Crippen LogP contribution in [0.3, 0.4) is 0 Å². The molecule has 1 aliphatic heterocycles. The van der Waals surface area contributed by atoms with Gasteiger partial charge in [-0.3, -0.25) is 4.99 Å². The smallest absolute Gasteiger partial charge is 0.195 e. The molecule has 0 aromatic heterocycles. The number of rotatable bonds is 1. The van der Waals surface area contributed by atoms with Gasteiger partial charge in [-0.15, -0.1) is 0 Å². The fraction of sp³-hybridized carbons (Fsp3) is 0.462. The van der Waals surface area contributed by atoms with Crippen molar-refractivity contribution in [3.05, 3.63) is 29.8 Å². The number of guanidine groups is 1. The molecule has 0 atom stereocenters. The number of aliphatic imine (C=N–C) groups is 1. The van der Waals surface area contributed by atoms with E-state index in [1.54, 1.807) is 0 Å². The van der Waals surface area contributed by atoms with Crippen molar-refractivity contribution in [3.8, 4) is 0 Å². The molecule has 1 aromatic carbocycles. The Bertz CT molecular complexity index is 402. The van der Waals surface area contributed by atoms with Crippen molar-refractivity contribution in [1.29, 1.82) is 0 Å². The largest absolute Gasteiger partial charge is 0.354 e. The van der Waals surface area contributed by atoms with Crippen LogP contribution in [0.25, 0.3) is 0 Å². The van der Waals surface area contributed by atoms with Crippen LogP contribution in [0.15, 0.2) is 29.3 Å². The van der Waals surface area contributed by atoms with Gasteiger partial charge in [-0.1, -0.05) is 39.0 Å². The van der Waals surface area contributed by atoms with E-state index in [1.165, 1.54) is 5.56 Å². The first-order valence-electron chi connectivity index (χ1n) is 5.72. The van der Waals surface area contributed by atoms with Crippen LogP contribution < -0.4 is 10.6 Å². The van der Waals surface area contributed by atoms with Gasteiger partial charge in [0.2, 0.25) is 0 Å². The summed E-state index contributed by atoms with van der Waals surface area (Å²) in [7, 11) is 0. The van der Waals surface area contributed by atoms with Crippen molar-refractivity contribution in [1.82, 2.24) is 5.32 Å². The van der Waals surface area contributed by atoms with Crippen molar-refractivity contribution in [2.45, 2.75) is 26.2 Å². The van der Waals surface area contributed by atoms with Gasteiger partial charge in [0.25, 0.3) is 0 Å². The Morgan fingerprint density at radius 2 is 2.00 bits per heavy atom. The van der Waals surface area contributed by atoms with E-state index in [0.717, 1.165) is 24.7 Å². The van der Waals surface area contributed by atoms with Crippen LogP contribution in [-0.4, -0.2) is 19.0 Å². The summed E-state index contributed by atoms with van der Waals surface area (Å²) in [5, 5.41) is 6.58. The van der Waals surface area contributed by atoms with E-state index in [2.05, 4.69) is 54.6 Å². The summed E-state index contributed by atoms with van der Waals surface area (Å²) in [5.41, 5.74) is 2.59. The first-order chi connectivity index (χ1) is 7.57. The molecule has 0 saturated heterocycles. The van der Waals surface area contributed by atoms with Crippen molar-refractivity contribution in [2.24, 2.45) is 4.99 Å². The lowest BCUT2D eigenvalue weighted by Crippen LogP contribution is -2.27. The quantitative estimate of drug-likeness (QED) is 0.757. The molecule has 86 valence electrons. The van der Waals surface area contributed by atoms with Gasteiger partial charge >= 0.3 is 0 Å². The van der Waals surface area contributed by atoms with E-state index in [1.807, 2.05) is 6.07 Å². The van der Waals surface area contributed by atoms with Crippen molar-refractivity contribution in [2.75, 3.05) is 18.4 Å². The van der Waals surface area contributed by atoms with E-state index in [0.29, 0.717) is 0 Å². The standard InChI is InChI=1S/C13H19N3/c1-13(2,3)10-6-4-5-7-11(10)16-12-14-8-9-15-12/h4-7H,8-9H2,1-3H3,(H2,14,15,16). The zero-order chi connectivity index (χ0) is 11.6. The van der Waals surface area contributed by atoms with Crippen molar-refractivity contribution < 1.29 is 0 Å². The second-order valence-corrected chi connectivity index (χ2v) is 5.08. The molecular formula is C13H19N3.